The molecular weight excluding hydrogens is 362 g/mol. The normalized spacial score (nSPS) is 17.3. The zero-order chi connectivity index (χ0) is 18.8. The maximum atomic E-state index is 10.9. The van der Waals surface area contributed by atoms with E-state index in [1.165, 1.54) is 5.69 Å². The molecule has 0 amide bonds. The Kier molecular flexibility index (Phi) is 4.97. The molecule has 1 aliphatic heterocycles. The van der Waals surface area contributed by atoms with Crippen molar-refractivity contribution in [1.29, 1.82) is 0 Å². The summed E-state index contributed by atoms with van der Waals surface area (Å²) in [6.45, 7) is 2.60. The summed E-state index contributed by atoms with van der Waals surface area (Å²) in [5, 5.41) is 11.7. The number of hydrogen-bond acceptors (Lipinski definition) is 3. The van der Waals surface area contributed by atoms with Gasteiger partial charge in [0.25, 0.3) is 5.69 Å². The van der Waals surface area contributed by atoms with Gasteiger partial charge in [0.15, 0.2) is 0 Å². The highest BCUT2D eigenvalue weighted by molar-refractivity contribution is 6.31. The van der Waals surface area contributed by atoms with Crippen LogP contribution in [0.2, 0.25) is 5.02 Å². The highest BCUT2D eigenvalue weighted by Gasteiger charge is 2.28. The highest BCUT2D eigenvalue weighted by atomic mass is 35.5. The summed E-state index contributed by atoms with van der Waals surface area (Å²) in [7, 11) is 0. The molecule has 1 atom stereocenters. The Morgan fingerprint density at radius 3 is 2.56 bits per heavy atom. The molecule has 138 valence electrons. The van der Waals surface area contributed by atoms with E-state index in [4.69, 9.17) is 11.6 Å². The van der Waals surface area contributed by atoms with E-state index >= 15 is 0 Å². The van der Waals surface area contributed by atoms with Gasteiger partial charge in [0.2, 0.25) is 0 Å². The minimum atomic E-state index is -0.366. The fraction of sp³-hybridized carbons (Fsp3) is 0.238. The van der Waals surface area contributed by atoms with Gasteiger partial charge in [-0.1, -0.05) is 41.9 Å². The van der Waals surface area contributed by atoms with Crippen LogP contribution in [0.5, 0.6) is 0 Å². The molecule has 0 N–H and O–H groups in total. The molecule has 0 unspecified atom stereocenters. The standard InChI is InChI=1S/C21H20ClN3O2/c22-19-6-2-1-5-18(19)21-20-7-3-12-23(20)13-4-14-24(21)15-16-8-10-17(11-9-16)25(26)27/h1-3,5-12,21H,4,13-15H2/t21-/m1/s1. The van der Waals surface area contributed by atoms with Crippen LogP contribution >= 0.6 is 11.6 Å². The smallest absolute Gasteiger partial charge is 0.269 e. The minimum Gasteiger partial charge on any atom is -0.350 e. The largest absolute Gasteiger partial charge is 0.350 e. The monoisotopic (exact) mass is 381 g/mol. The summed E-state index contributed by atoms with van der Waals surface area (Å²) in [5.41, 5.74) is 3.48. The third-order valence-electron chi connectivity index (χ3n) is 5.09. The number of aryl methyl sites for hydroxylation is 1. The molecule has 2 heterocycles. The summed E-state index contributed by atoms with van der Waals surface area (Å²) in [5.74, 6) is 0. The van der Waals surface area contributed by atoms with Crippen molar-refractivity contribution in [2.45, 2.75) is 25.6 Å². The molecule has 0 saturated carbocycles. The highest BCUT2D eigenvalue weighted by Crippen LogP contribution is 2.36. The SMILES string of the molecule is O=[N+]([O-])c1ccc(CN2CCCn3cccc3[C@H]2c2ccccc2Cl)cc1. The Hall–Kier alpha value is -2.63. The van der Waals surface area contributed by atoms with Crippen LogP contribution in [0, 0.1) is 10.1 Å². The Balaban J connectivity index is 1.71. The number of rotatable bonds is 4. The summed E-state index contributed by atoms with van der Waals surface area (Å²) >= 11 is 6.56. The predicted octanol–water partition coefficient (Wildman–Crippen LogP) is 5.05. The summed E-state index contributed by atoms with van der Waals surface area (Å²) in [6, 6.07) is 19.1. The molecule has 2 aromatic carbocycles. The molecule has 27 heavy (non-hydrogen) atoms. The van der Waals surface area contributed by atoms with Gasteiger partial charge in [-0.15, -0.1) is 0 Å². The van der Waals surface area contributed by atoms with E-state index in [1.54, 1.807) is 12.1 Å². The molecule has 6 heteroatoms. The lowest BCUT2D eigenvalue weighted by Gasteiger charge is -2.31. The molecular formula is C21H20ClN3O2. The summed E-state index contributed by atoms with van der Waals surface area (Å²) in [4.78, 5) is 12.9. The molecule has 1 aliphatic rings. The first-order valence-corrected chi connectivity index (χ1v) is 9.38. The zero-order valence-corrected chi connectivity index (χ0v) is 15.5. The number of aromatic nitrogens is 1. The van der Waals surface area contributed by atoms with Gasteiger partial charge in [0.05, 0.1) is 11.0 Å². The number of hydrogen-bond donors (Lipinski definition) is 0. The maximum Gasteiger partial charge on any atom is 0.269 e. The number of nitro groups is 1. The Morgan fingerprint density at radius 1 is 1.04 bits per heavy atom. The van der Waals surface area contributed by atoms with Crippen LogP contribution in [0.15, 0.2) is 66.9 Å². The van der Waals surface area contributed by atoms with Gasteiger partial charge < -0.3 is 4.57 Å². The number of non-ortho nitro benzene ring substituents is 1. The van der Waals surface area contributed by atoms with Crippen LogP contribution in [0.1, 0.15) is 29.3 Å². The lowest BCUT2D eigenvalue weighted by Crippen LogP contribution is -2.29. The van der Waals surface area contributed by atoms with Crippen molar-refractivity contribution in [3.63, 3.8) is 0 Å². The lowest BCUT2D eigenvalue weighted by atomic mass is 10.0. The fourth-order valence-corrected chi connectivity index (χ4v) is 4.06. The summed E-state index contributed by atoms with van der Waals surface area (Å²) < 4.78 is 2.30. The Labute approximate surface area is 162 Å². The minimum absolute atomic E-state index is 0.0476. The zero-order valence-electron chi connectivity index (χ0n) is 14.8. The van der Waals surface area contributed by atoms with Crippen molar-refractivity contribution in [1.82, 2.24) is 9.47 Å². The van der Waals surface area contributed by atoms with Crippen LogP contribution in [0.3, 0.4) is 0 Å². The van der Waals surface area contributed by atoms with Crippen molar-refractivity contribution >= 4 is 17.3 Å². The predicted molar refractivity (Wildman–Crippen MR) is 106 cm³/mol. The number of benzene rings is 2. The van der Waals surface area contributed by atoms with E-state index in [0.29, 0.717) is 6.54 Å². The van der Waals surface area contributed by atoms with Crippen LogP contribution in [0.25, 0.3) is 0 Å². The first-order valence-electron chi connectivity index (χ1n) is 9.00. The van der Waals surface area contributed by atoms with E-state index in [-0.39, 0.29) is 16.7 Å². The fourth-order valence-electron chi connectivity index (χ4n) is 3.82. The number of fused-ring (bicyclic) bond motifs is 1. The average Bonchev–Trinajstić information content (AvgIpc) is 3.05. The first kappa shape index (κ1) is 17.8. The van der Waals surface area contributed by atoms with E-state index in [0.717, 1.165) is 35.7 Å². The Bertz CT molecular complexity index is 952. The quantitative estimate of drug-likeness (QED) is 0.469. The molecule has 4 rings (SSSR count). The third kappa shape index (κ3) is 3.61. The van der Waals surface area contributed by atoms with E-state index in [9.17, 15) is 10.1 Å². The van der Waals surface area contributed by atoms with Crippen LogP contribution in [-0.4, -0.2) is 20.9 Å². The van der Waals surface area contributed by atoms with Gasteiger partial charge >= 0.3 is 0 Å². The van der Waals surface area contributed by atoms with Gasteiger partial charge in [-0.25, -0.2) is 0 Å². The van der Waals surface area contributed by atoms with Crippen molar-refractivity contribution in [3.05, 3.63) is 98.8 Å². The van der Waals surface area contributed by atoms with E-state index in [1.807, 2.05) is 30.3 Å². The second kappa shape index (κ2) is 7.55. The molecule has 5 nitrogen and oxygen atoms in total. The second-order valence-electron chi connectivity index (χ2n) is 6.80. The molecule has 0 fully saturated rings. The molecule has 1 aromatic heterocycles. The molecule has 0 aliphatic carbocycles. The maximum absolute atomic E-state index is 10.9. The third-order valence-corrected chi connectivity index (χ3v) is 5.43. The van der Waals surface area contributed by atoms with Crippen LogP contribution in [0.4, 0.5) is 5.69 Å². The molecule has 0 radical (unpaired) electrons. The molecule has 0 saturated heterocycles. The van der Waals surface area contributed by atoms with Crippen LogP contribution < -0.4 is 0 Å². The number of nitro benzene ring substituents is 1. The van der Waals surface area contributed by atoms with E-state index < -0.39 is 0 Å². The second-order valence-corrected chi connectivity index (χ2v) is 7.21. The lowest BCUT2D eigenvalue weighted by molar-refractivity contribution is -0.384. The van der Waals surface area contributed by atoms with Gasteiger partial charge in [0.1, 0.15) is 0 Å². The first-order chi connectivity index (χ1) is 13.1. The van der Waals surface area contributed by atoms with Crippen molar-refractivity contribution in [2.24, 2.45) is 0 Å². The van der Waals surface area contributed by atoms with Gasteiger partial charge in [-0.3, -0.25) is 15.0 Å². The summed E-state index contributed by atoms with van der Waals surface area (Å²) in [6.07, 6.45) is 3.16. The van der Waals surface area contributed by atoms with Gasteiger partial charge in [-0.2, -0.15) is 0 Å². The van der Waals surface area contributed by atoms with Gasteiger partial charge in [-0.05, 0) is 35.7 Å². The molecule has 0 bridgehead atoms. The topological polar surface area (TPSA) is 51.3 Å². The number of halogens is 1. The van der Waals surface area contributed by atoms with Gasteiger partial charge in [0, 0.05) is 48.7 Å². The van der Waals surface area contributed by atoms with Crippen molar-refractivity contribution in [2.75, 3.05) is 6.54 Å². The van der Waals surface area contributed by atoms with Crippen molar-refractivity contribution < 1.29 is 4.92 Å². The van der Waals surface area contributed by atoms with E-state index in [2.05, 4.69) is 33.9 Å². The molecule has 3 aromatic rings. The van der Waals surface area contributed by atoms with Crippen LogP contribution in [-0.2, 0) is 13.1 Å². The molecule has 0 spiro atoms. The number of nitrogens with zero attached hydrogens (tertiary/aromatic N) is 3. The Morgan fingerprint density at radius 2 is 1.81 bits per heavy atom. The average molecular weight is 382 g/mol. The van der Waals surface area contributed by atoms with Crippen molar-refractivity contribution in [3.8, 4) is 0 Å².